The fourth-order valence-corrected chi connectivity index (χ4v) is 4.07. The first-order chi connectivity index (χ1) is 14.6. The molecular weight excluding hydrogens is 418 g/mol. The zero-order chi connectivity index (χ0) is 21.5. The van der Waals surface area contributed by atoms with Gasteiger partial charge >= 0.3 is 0 Å². The Morgan fingerprint density at radius 1 is 1.10 bits per heavy atom. The second-order valence-electron chi connectivity index (χ2n) is 6.23. The van der Waals surface area contributed by atoms with Crippen LogP contribution in [0.15, 0.2) is 46.6 Å². The molecular formula is C20H25N7OS2. The summed E-state index contributed by atoms with van der Waals surface area (Å²) < 4.78 is 1.96. The number of nitrogens with zero attached hydrogens (tertiary/aromatic N) is 4. The highest BCUT2D eigenvalue weighted by Crippen LogP contribution is 2.28. The molecule has 2 heterocycles. The van der Waals surface area contributed by atoms with Crippen molar-refractivity contribution in [3.63, 3.8) is 0 Å². The summed E-state index contributed by atoms with van der Waals surface area (Å²) in [7, 11) is 3.71. The number of rotatable bonds is 9. The van der Waals surface area contributed by atoms with Crippen LogP contribution in [0.4, 0.5) is 17.1 Å². The average molecular weight is 444 g/mol. The van der Waals surface area contributed by atoms with E-state index in [1.165, 1.54) is 11.8 Å². The van der Waals surface area contributed by atoms with Crippen LogP contribution >= 0.6 is 23.5 Å². The minimum Gasteiger partial charge on any atom is -0.386 e. The van der Waals surface area contributed by atoms with Gasteiger partial charge in [0.15, 0.2) is 11.0 Å². The molecule has 10 heteroatoms. The molecule has 0 atom stereocenters. The molecule has 0 aliphatic carbocycles. The Balaban J connectivity index is 1.70. The topological polar surface area (TPSA) is 96.8 Å². The van der Waals surface area contributed by atoms with Crippen LogP contribution in [-0.4, -0.2) is 51.8 Å². The summed E-state index contributed by atoms with van der Waals surface area (Å²) in [6.07, 6.45) is 3.78. The largest absolute Gasteiger partial charge is 0.386 e. The van der Waals surface area contributed by atoms with E-state index in [4.69, 9.17) is 0 Å². The number of thioether (sulfide) groups is 2. The first-order valence-electron chi connectivity index (χ1n) is 9.45. The monoisotopic (exact) mass is 443 g/mol. The summed E-state index contributed by atoms with van der Waals surface area (Å²) in [6, 6.07) is 9.71. The number of hydrogen-bond donors (Lipinski definition) is 3. The van der Waals surface area contributed by atoms with Crippen molar-refractivity contribution >= 4 is 46.5 Å². The highest BCUT2D eigenvalue weighted by molar-refractivity contribution is 7.99. The SMILES string of the molecule is CCn1c(SCC(=O)Nc2ccc(SC)cc2)nnc1-c1cc(NC)c(NC)cn1. The van der Waals surface area contributed by atoms with E-state index in [1.807, 2.05) is 62.2 Å². The average Bonchev–Trinajstić information content (AvgIpc) is 3.20. The highest BCUT2D eigenvalue weighted by Gasteiger charge is 2.17. The molecule has 158 valence electrons. The van der Waals surface area contributed by atoms with Gasteiger partial charge in [0.25, 0.3) is 0 Å². The van der Waals surface area contributed by atoms with Crippen LogP contribution in [-0.2, 0) is 11.3 Å². The van der Waals surface area contributed by atoms with Crippen LogP contribution in [0, 0.1) is 0 Å². The number of carbonyl (C=O) groups excluding carboxylic acids is 1. The fourth-order valence-electron chi connectivity index (χ4n) is 2.86. The molecule has 0 bridgehead atoms. The van der Waals surface area contributed by atoms with Gasteiger partial charge in [0, 0.05) is 31.2 Å². The first kappa shape index (κ1) is 22.0. The number of aromatic nitrogens is 4. The maximum Gasteiger partial charge on any atom is 0.234 e. The summed E-state index contributed by atoms with van der Waals surface area (Å²) in [5, 5.41) is 18.4. The normalized spacial score (nSPS) is 10.7. The molecule has 1 aromatic carbocycles. The molecule has 2 aromatic heterocycles. The van der Waals surface area contributed by atoms with Gasteiger partial charge in [-0.1, -0.05) is 11.8 Å². The van der Waals surface area contributed by atoms with Gasteiger partial charge in [0.05, 0.1) is 23.3 Å². The van der Waals surface area contributed by atoms with E-state index in [9.17, 15) is 4.79 Å². The van der Waals surface area contributed by atoms with Crippen molar-refractivity contribution < 1.29 is 4.79 Å². The Labute approximate surface area is 184 Å². The molecule has 0 aliphatic rings. The van der Waals surface area contributed by atoms with E-state index in [1.54, 1.807) is 18.0 Å². The second-order valence-corrected chi connectivity index (χ2v) is 8.05. The zero-order valence-corrected chi connectivity index (χ0v) is 19.0. The predicted octanol–water partition coefficient (Wildman–Crippen LogP) is 3.90. The van der Waals surface area contributed by atoms with Crippen LogP contribution in [0.3, 0.4) is 0 Å². The Hall–Kier alpha value is -2.72. The van der Waals surface area contributed by atoms with Crippen LogP contribution in [0.5, 0.6) is 0 Å². The molecule has 0 saturated heterocycles. The third-order valence-corrected chi connectivity index (χ3v) is 6.12. The van der Waals surface area contributed by atoms with Gasteiger partial charge in [-0.2, -0.15) is 0 Å². The highest BCUT2D eigenvalue weighted by atomic mass is 32.2. The third kappa shape index (κ3) is 5.06. The van der Waals surface area contributed by atoms with E-state index in [2.05, 4.69) is 31.1 Å². The predicted molar refractivity (Wildman–Crippen MR) is 126 cm³/mol. The number of anilines is 3. The molecule has 0 aliphatic heterocycles. The number of nitrogens with one attached hydrogen (secondary N) is 3. The third-order valence-electron chi connectivity index (χ3n) is 4.41. The number of carbonyl (C=O) groups is 1. The van der Waals surface area contributed by atoms with Gasteiger partial charge in [-0.15, -0.1) is 22.0 Å². The summed E-state index contributed by atoms with van der Waals surface area (Å²) in [4.78, 5) is 18.0. The summed E-state index contributed by atoms with van der Waals surface area (Å²) >= 11 is 3.02. The maximum atomic E-state index is 12.3. The molecule has 8 nitrogen and oxygen atoms in total. The number of pyridine rings is 1. The van der Waals surface area contributed by atoms with Gasteiger partial charge in [0.2, 0.25) is 5.91 Å². The van der Waals surface area contributed by atoms with Crippen LogP contribution in [0.25, 0.3) is 11.5 Å². The maximum absolute atomic E-state index is 12.3. The van der Waals surface area contributed by atoms with Crippen LogP contribution < -0.4 is 16.0 Å². The van der Waals surface area contributed by atoms with Crippen molar-refractivity contribution in [2.75, 3.05) is 42.1 Å². The van der Waals surface area contributed by atoms with E-state index in [-0.39, 0.29) is 11.7 Å². The van der Waals surface area contributed by atoms with Crippen molar-refractivity contribution in [2.24, 2.45) is 0 Å². The lowest BCUT2D eigenvalue weighted by molar-refractivity contribution is -0.113. The van der Waals surface area contributed by atoms with Crippen molar-refractivity contribution in [1.29, 1.82) is 0 Å². The summed E-state index contributed by atoms with van der Waals surface area (Å²) in [5.74, 6) is 0.835. The molecule has 30 heavy (non-hydrogen) atoms. The zero-order valence-electron chi connectivity index (χ0n) is 17.4. The van der Waals surface area contributed by atoms with E-state index < -0.39 is 0 Å². The van der Waals surface area contributed by atoms with Crippen molar-refractivity contribution in [3.8, 4) is 11.5 Å². The molecule has 3 aromatic rings. The van der Waals surface area contributed by atoms with Gasteiger partial charge in [0.1, 0.15) is 5.69 Å². The molecule has 0 unspecified atom stereocenters. The van der Waals surface area contributed by atoms with Crippen molar-refractivity contribution in [3.05, 3.63) is 36.5 Å². The molecule has 0 fully saturated rings. The molecule has 1 amide bonds. The Morgan fingerprint density at radius 3 is 2.47 bits per heavy atom. The van der Waals surface area contributed by atoms with Crippen LogP contribution in [0.1, 0.15) is 6.92 Å². The molecule has 0 radical (unpaired) electrons. The van der Waals surface area contributed by atoms with Crippen molar-refractivity contribution in [2.45, 2.75) is 23.5 Å². The van der Waals surface area contributed by atoms with Gasteiger partial charge in [-0.3, -0.25) is 9.78 Å². The van der Waals surface area contributed by atoms with Crippen LogP contribution in [0.2, 0.25) is 0 Å². The number of hydrogen-bond acceptors (Lipinski definition) is 8. The van der Waals surface area contributed by atoms with E-state index in [0.29, 0.717) is 17.5 Å². The molecule has 0 spiro atoms. The molecule has 3 rings (SSSR count). The minimum atomic E-state index is -0.0851. The first-order valence-corrected chi connectivity index (χ1v) is 11.7. The van der Waals surface area contributed by atoms with Gasteiger partial charge in [-0.25, -0.2) is 0 Å². The van der Waals surface area contributed by atoms with Gasteiger partial charge < -0.3 is 20.5 Å². The lowest BCUT2D eigenvalue weighted by Gasteiger charge is -2.11. The summed E-state index contributed by atoms with van der Waals surface area (Å²) in [6.45, 7) is 2.69. The van der Waals surface area contributed by atoms with E-state index in [0.717, 1.165) is 27.7 Å². The summed E-state index contributed by atoms with van der Waals surface area (Å²) in [5.41, 5.74) is 3.33. The second kappa shape index (κ2) is 10.4. The molecule has 3 N–H and O–H groups in total. The van der Waals surface area contributed by atoms with E-state index >= 15 is 0 Å². The Bertz CT molecular complexity index is 1000. The fraction of sp³-hybridized carbons (Fsp3) is 0.300. The standard InChI is InChI=1S/C20H25N7OS2/c1-5-27-19(16-10-15(21-2)17(22-3)11-23-16)25-26-20(27)30-12-18(28)24-13-6-8-14(29-4)9-7-13/h6-11,22H,5,12H2,1-4H3,(H,21,23)(H,24,28). The quantitative estimate of drug-likeness (QED) is 0.429. The minimum absolute atomic E-state index is 0.0851. The number of benzene rings is 1. The lowest BCUT2D eigenvalue weighted by Crippen LogP contribution is -2.14. The Morgan fingerprint density at radius 2 is 1.83 bits per heavy atom. The van der Waals surface area contributed by atoms with Crippen molar-refractivity contribution in [1.82, 2.24) is 19.7 Å². The lowest BCUT2D eigenvalue weighted by atomic mass is 10.2. The number of amides is 1. The molecule has 0 saturated carbocycles. The Kier molecular flexibility index (Phi) is 7.58. The van der Waals surface area contributed by atoms with Gasteiger partial charge in [-0.05, 0) is 43.5 Å². The smallest absolute Gasteiger partial charge is 0.234 e.